The highest BCUT2D eigenvalue weighted by Crippen LogP contribution is 2.28. The molecule has 0 fully saturated rings. The summed E-state index contributed by atoms with van der Waals surface area (Å²) in [6.07, 6.45) is 1.47. The van der Waals surface area contributed by atoms with Crippen molar-refractivity contribution in [3.63, 3.8) is 0 Å². The van der Waals surface area contributed by atoms with Gasteiger partial charge < -0.3 is 9.52 Å². The number of hydrogen-bond acceptors (Lipinski definition) is 5. The normalized spacial score (nSPS) is 11.4. The number of H-pyrrole nitrogens is 1. The number of aromatic nitrogens is 3. The number of phenols is 1. The molecule has 0 bridgehead atoms. The molecule has 0 amide bonds. The maximum Gasteiger partial charge on any atom is 0.270 e. The maximum atomic E-state index is 12.2. The van der Waals surface area contributed by atoms with Gasteiger partial charge in [-0.1, -0.05) is 13.3 Å². The summed E-state index contributed by atoms with van der Waals surface area (Å²) in [6.45, 7) is 1.99. The van der Waals surface area contributed by atoms with Crippen LogP contribution in [0.25, 0.3) is 22.2 Å². The molecule has 0 aliphatic heterocycles. The molecule has 18 heavy (non-hydrogen) atoms. The van der Waals surface area contributed by atoms with Gasteiger partial charge in [0.25, 0.3) is 5.71 Å². The van der Waals surface area contributed by atoms with Crippen LogP contribution in [0.3, 0.4) is 0 Å². The van der Waals surface area contributed by atoms with E-state index in [1.807, 2.05) is 6.92 Å². The summed E-state index contributed by atoms with van der Waals surface area (Å²) in [5, 5.41) is 20.2. The Morgan fingerprint density at radius 3 is 3.00 bits per heavy atom. The monoisotopic (exact) mass is 245 g/mol. The highest BCUT2D eigenvalue weighted by atomic mass is 16.3. The van der Waals surface area contributed by atoms with Crippen molar-refractivity contribution >= 4 is 22.2 Å². The third kappa shape index (κ3) is 1.38. The standard InChI is InChI=1S/C12H11N3O3/c1-2-3-6-8(16)5-4-7-10(17)9-12(14-15-13-9)18-11(6)7/h4-5,16H,2-3H2,1H3,(H,13,14,15). The molecule has 2 N–H and O–H groups in total. The number of nitrogens with one attached hydrogen (secondary N) is 1. The van der Waals surface area contributed by atoms with Crippen LogP contribution in [0.5, 0.6) is 5.75 Å². The third-order valence-corrected chi connectivity index (χ3v) is 2.91. The number of rotatable bonds is 2. The van der Waals surface area contributed by atoms with Crippen LogP contribution in [0.1, 0.15) is 18.9 Å². The third-order valence-electron chi connectivity index (χ3n) is 2.91. The highest BCUT2D eigenvalue weighted by Gasteiger charge is 2.15. The molecule has 0 spiro atoms. The van der Waals surface area contributed by atoms with Crippen LogP contribution in [0.4, 0.5) is 0 Å². The number of aryl methyl sites for hydroxylation is 1. The lowest BCUT2D eigenvalue weighted by Crippen LogP contribution is -2.03. The molecule has 3 aromatic rings. The Labute approximate surface area is 101 Å². The molecule has 0 saturated heterocycles. The zero-order chi connectivity index (χ0) is 12.7. The van der Waals surface area contributed by atoms with Crippen molar-refractivity contribution in [2.45, 2.75) is 19.8 Å². The van der Waals surface area contributed by atoms with E-state index in [9.17, 15) is 9.90 Å². The van der Waals surface area contributed by atoms with Gasteiger partial charge in [-0.25, -0.2) is 0 Å². The molecule has 0 atom stereocenters. The number of aromatic hydroxyl groups is 1. The molecular weight excluding hydrogens is 234 g/mol. The summed E-state index contributed by atoms with van der Waals surface area (Å²) in [4.78, 5) is 12.2. The van der Waals surface area contributed by atoms with Crippen LogP contribution in [-0.4, -0.2) is 20.5 Å². The first-order chi connectivity index (χ1) is 8.72. The fourth-order valence-electron chi connectivity index (χ4n) is 2.07. The number of hydrogen-bond donors (Lipinski definition) is 2. The van der Waals surface area contributed by atoms with E-state index in [-0.39, 0.29) is 22.4 Å². The molecule has 0 aliphatic carbocycles. The van der Waals surface area contributed by atoms with Crippen LogP contribution >= 0.6 is 0 Å². The number of phenolic OH excluding ortho intramolecular Hbond substituents is 1. The van der Waals surface area contributed by atoms with E-state index in [4.69, 9.17) is 4.42 Å². The Hall–Kier alpha value is -2.37. The van der Waals surface area contributed by atoms with Gasteiger partial charge in [-0.3, -0.25) is 4.79 Å². The summed E-state index contributed by atoms with van der Waals surface area (Å²) in [7, 11) is 0. The molecular formula is C12H11N3O3. The zero-order valence-corrected chi connectivity index (χ0v) is 9.73. The van der Waals surface area contributed by atoms with Crippen molar-refractivity contribution in [2.24, 2.45) is 0 Å². The molecule has 2 aromatic heterocycles. The second-order valence-electron chi connectivity index (χ2n) is 4.10. The zero-order valence-electron chi connectivity index (χ0n) is 9.73. The first kappa shape index (κ1) is 10.8. The number of fused-ring (bicyclic) bond motifs is 2. The molecule has 0 unspecified atom stereocenters. The van der Waals surface area contributed by atoms with Gasteiger partial charge in [0.1, 0.15) is 11.3 Å². The minimum absolute atomic E-state index is 0.135. The van der Waals surface area contributed by atoms with E-state index in [1.54, 1.807) is 6.07 Å². The van der Waals surface area contributed by atoms with E-state index in [1.165, 1.54) is 6.07 Å². The molecule has 0 aliphatic rings. The van der Waals surface area contributed by atoms with Crippen molar-refractivity contribution < 1.29 is 9.52 Å². The molecule has 2 heterocycles. The minimum Gasteiger partial charge on any atom is -0.508 e. The van der Waals surface area contributed by atoms with E-state index in [0.29, 0.717) is 23.0 Å². The molecule has 3 rings (SSSR count). The van der Waals surface area contributed by atoms with Crippen LogP contribution in [0, 0.1) is 0 Å². The Bertz CT molecular complexity index is 788. The van der Waals surface area contributed by atoms with Gasteiger partial charge in [-0.05, 0) is 18.6 Å². The van der Waals surface area contributed by atoms with Gasteiger partial charge in [0.2, 0.25) is 5.43 Å². The van der Waals surface area contributed by atoms with Crippen LogP contribution in [0.15, 0.2) is 21.3 Å². The first-order valence-corrected chi connectivity index (χ1v) is 5.70. The lowest BCUT2D eigenvalue weighted by molar-refractivity contribution is 0.466. The summed E-state index contributed by atoms with van der Waals surface area (Å²) in [5.74, 6) is 0.135. The first-order valence-electron chi connectivity index (χ1n) is 5.70. The van der Waals surface area contributed by atoms with Gasteiger partial charge in [0.05, 0.1) is 5.39 Å². The van der Waals surface area contributed by atoms with Crippen molar-refractivity contribution in [1.82, 2.24) is 15.4 Å². The van der Waals surface area contributed by atoms with Crippen molar-refractivity contribution in [2.75, 3.05) is 0 Å². The molecule has 6 heteroatoms. The van der Waals surface area contributed by atoms with Crippen LogP contribution in [-0.2, 0) is 6.42 Å². The van der Waals surface area contributed by atoms with Gasteiger partial charge in [-0.15, -0.1) is 10.2 Å². The van der Waals surface area contributed by atoms with Crippen molar-refractivity contribution in [3.8, 4) is 5.75 Å². The fourth-order valence-corrected chi connectivity index (χ4v) is 2.07. The minimum atomic E-state index is -0.239. The van der Waals surface area contributed by atoms with E-state index in [0.717, 1.165) is 6.42 Å². The summed E-state index contributed by atoms with van der Waals surface area (Å²) < 4.78 is 5.57. The largest absolute Gasteiger partial charge is 0.508 e. The second-order valence-corrected chi connectivity index (χ2v) is 4.10. The summed E-state index contributed by atoms with van der Waals surface area (Å²) in [5.41, 5.74) is 1.13. The molecule has 6 nitrogen and oxygen atoms in total. The summed E-state index contributed by atoms with van der Waals surface area (Å²) in [6, 6.07) is 3.06. The molecule has 1 aromatic carbocycles. The quantitative estimate of drug-likeness (QED) is 0.717. The SMILES string of the molecule is CCCc1c(O)ccc2c(=O)c3n[nH]nc3oc12. The van der Waals surface area contributed by atoms with Crippen molar-refractivity contribution in [3.05, 3.63) is 27.9 Å². The van der Waals surface area contributed by atoms with E-state index >= 15 is 0 Å². The topological polar surface area (TPSA) is 92.0 Å². The Balaban J connectivity index is 2.50. The van der Waals surface area contributed by atoms with Crippen molar-refractivity contribution in [1.29, 1.82) is 0 Å². The fraction of sp³-hybridized carbons (Fsp3) is 0.250. The number of benzene rings is 1. The number of aromatic amines is 1. The predicted molar refractivity (Wildman–Crippen MR) is 65.6 cm³/mol. The van der Waals surface area contributed by atoms with Gasteiger partial charge in [0.15, 0.2) is 5.52 Å². The highest BCUT2D eigenvalue weighted by molar-refractivity contribution is 5.89. The lowest BCUT2D eigenvalue weighted by atomic mass is 10.1. The molecule has 92 valence electrons. The van der Waals surface area contributed by atoms with Gasteiger partial charge >= 0.3 is 0 Å². The lowest BCUT2D eigenvalue weighted by Gasteiger charge is -2.05. The Morgan fingerprint density at radius 1 is 1.39 bits per heavy atom. The average Bonchev–Trinajstić information content (AvgIpc) is 2.82. The maximum absolute atomic E-state index is 12.2. The summed E-state index contributed by atoms with van der Waals surface area (Å²) >= 11 is 0. The predicted octanol–water partition coefficient (Wildman–Crippen LogP) is 1.72. The Morgan fingerprint density at radius 2 is 2.22 bits per heavy atom. The van der Waals surface area contributed by atoms with Gasteiger partial charge in [-0.2, -0.15) is 5.21 Å². The smallest absolute Gasteiger partial charge is 0.270 e. The number of nitrogens with zero attached hydrogens (tertiary/aromatic N) is 2. The molecule has 0 saturated carbocycles. The van der Waals surface area contributed by atoms with E-state index < -0.39 is 0 Å². The Kier molecular flexibility index (Phi) is 2.29. The van der Waals surface area contributed by atoms with Crippen LogP contribution < -0.4 is 5.43 Å². The van der Waals surface area contributed by atoms with Crippen LogP contribution in [0.2, 0.25) is 0 Å². The molecule has 0 radical (unpaired) electrons. The van der Waals surface area contributed by atoms with Gasteiger partial charge in [0, 0.05) is 5.56 Å². The average molecular weight is 245 g/mol. The second kappa shape index (κ2) is 3.83. The van der Waals surface area contributed by atoms with E-state index in [2.05, 4.69) is 15.4 Å².